The van der Waals surface area contributed by atoms with Gasteiger partial charge < -0.3 is 15.0 Å². The van der Waals surface area contributed by atoms with Gasteiger partial charge in [0.05, 0.1) is 6.61 Å². The molecular weight excluding hydrogens is 322 g/mol. The maximum absolute atomic E-state index is 13.4. The second-order valence-corrected chi connectivity index (χ2v) is 6.87. The lowest BCUT2D eigenvalue weighted by Gasteiger charge is -2.19. The molecule has 0 bridgehead atoms. The molecule has 1 saturated heterocycles. The fraction of sp³-hybridized carbons (Fsp3) is 0.400. The van der Waals surface area contributed by atoms with Crippen LogP contribution >= 0.6 is 0 Å². The average Bonchev–Trinajstić information content (AvgIpc) is 3.26. The number of nitrogens with zero attached hydrogens (tertiary/aromatic N) is 1. The van der Waals surface area contributed by atoms with Crippen molar-refractivity contribution in [2.45, 2.75) is 19.4 Å². The van der Waals surface area contributed by atoms with Gasteiger partial charge in [0.1, 0.15) is 5.75 Å². The summed E-state index contributed by atoms with van der Waals surface area (Å²) in [5, 5.41) is 3.53. The lowest BCUT2D eigenvalue weighted by Crippen LogP contribution is -2.26. The predicted octanol–water partition coefficient (Wildman–Crippen LogP) is 3.52. The molecule has 132 valence electrons. The maximum Gasteiger partial charge on any atom is 0.160 e. The molecule has 25 heavy (non-hydrogen) atoms. The Morgan fingerprint density at radius 2 is 2.04 bits per heavy atom. The molecule has 1 fully saturated rings. The molecule has 0 saturated carbocycles. The molecule has 5 heteroatoms. The van der Waals surface area contributed by atoms with E-state index in [1.54, 1.807) is 6.07 Å². The summed E-state index contributed by atoms with van der Waals surface area (Å²) in [6.07, 6.45) is 2.05. The Hall–Kier alpha value is -2.14. The zero-order valence-electron chi connectivity index (χ0n) is 14.1. The van der Waals surface area contributed by atoms with E-state index in [2.05, 4.69) is 28.4 Å². The smallest absolute Gasteiger partial charge is 0.160 e. The first-order valence-corrected chi connectivity index (χ1v) is 8.84. The third-order valence-electron chi connectivity index (χ3n) is 5.07. The lowest BCUT2D eigenvalue weighted by molar-refractivity contribution is 0.357. The number of fused-ring (bicyclic) bond motifs is 1. The van der Waals surface area contributed by atoms with Crippen LogP contribution < -0.4 is 15.0 Å². The van der Waals surface area contributed by atoms with Crippen LogP contribution in [0.15, 0.2) is 36.4 Å². The third kappa shape index (κ3) is 3.61. The Kier molecular flexibility index (Phi) is 4.57. The van der Waals surface area contributed by atoms with Gasteiger partial charge in [-0.2, -0.15) is 0 Å². The fourth-order valence-corrected chi connectivity index (χ4v) is 3.69. The zero-order chi connectivity index (χ0) is 17.2. The third-order valence-corrected chi connectivity index (χ3v) is 5.07. The van der Waals surface area contributed by atoms with Crippen LogP contribution in [-0.4, -0.2) is 26.2 Å². The largest absolute Gasteiger partial charge is 0.493 e. The molecule has 0 radical (unpaired) electrons. The van der Waals surface area contributed by atoms with E-state index in [1.165, 1.54) is 23.3 Å². The van der Waals surface area contributed by atoms with Crippen molar-refractivity contribution in [3.8, 4) is 5.75 Å². The van der Waals surface area contributed by atoms with E-state index in [1.807, 2.05) is 0 Å². The van der Waals surface area contributed by atoms with Gasteiger partial charge in [0.25, 0.3) is 0 Å². The van der Waals surface area contributed by atoms with Gasteiger partial charge in [-0.25, -0.2) is 8.78 Å². The van der Waals surface area contributed by atoms with Gasteiger partial charge >= 0.3 is 0 Å². The van der Waals surface area contributed by atoms with E-state index in [9.17, 15) is 8.78 Å². The highest BCUT2D eigenvalue weighted by atomic mass is 19.2. The Labute approximate surface area is 146 Å². The summed E-state index contributed by atoms with van der Waals surface area (Å²) < 4.78 is 32.0. The van der Waals surface area contributed by atoms with Gasteiger partial charge in [-0.05, 0) is 41.7 Å². The summed E-state index contributed by atoms with van der Waals surface area (Å²) in [5.41, 5.74) is 3.34. The molecule has 2 aromatic carbocycles. The monoisotopic (exact) mass is 344 g/mol. The molecule has 2 aliphatic rings. The van der Waals surface area contributed by atoms with Crippen LogP contribution in [0, 0.1) is 17.6 Å². The topological polar surface area (TPSA) is 24.5 Å². The van der Waals surface area contributed by atoms with Crippen molar-refractivity contribution in [2.24, 2.45) is 5.92 Å². The lowest BCUT2D eigenvalue weighted by atomic mass is 10.1. The summed E-state index contributed by atoms with van der Waals surface area (Å²) in [5.74, 6) is -0.0341. The SMILES string of the molecule is Fc1ccc(N2CCC(CNCc3ccc4c(c3)CCO4)C2)cc1F. The fourth-order valence-electron chi connectivity index (χ4n) is 3.69. The quantitative estimate of drug-likeness (QED) is 0.898. The van der Waals surface area contributed by atoms with E-state index < -0.39 is 11.6 Å². The molecule has 0 aromatic heterocycles. The van der Waals surface area contributed by atoms with Crippen LogP contribution in [0.4, 0.5) is 14.5 Å². The van der Waals surface area contributed by atoms with Gasteiger partial charge in [0.15, 0.2) is 11.6 Å². The van der Waals surface area contributed by atoms with E-state index >= 15 is 0 Å². The number of nitrogens with one attached hydrogen (secondary N) is 1. The van der Waals surface area contributed by atoms with Crippen molar-refractivity contribution < 1.29 is 13.5 Å². The Morgan fingerprint density at radius 1 is 1.12 bits per heavy atom. The van der Waals surface area contributed by atoms with E-state index in [0.29, 0.717) is 5.92 Å². The van der Waals surface area contributed by atoms with Crippen molar-refractivity contribution >= 4 is 5.69 Å². The summed E-state index contributed by atoms with van der Waals surface area (Å²) in [6.45, 7) is 4.31. The molecule has 2 aliphatic heterocycles. The van der Waals surface area contributed by atoms with Crippen LogP contribution in [0.5, 0.6) is 5.75 Å². The number of hydrogen-bond acceptors (Lipinski definition) is 3. The number of benzene rings is 2. The minimum atomic E-state index is -0.791. The summed E-state index contributed by atoms with van der Waals surface area (Å²) in [6, 6.07) is 10.5. The molecular formula is C20H22F2N2O. The van der Waals surface area contributed by atoms with Crippen LogP contribution in [0.1, 0.15) is 17.5 Å². The summed E-state index contributed by atoms with van der Waals surface area (Å²) in [4.78, 5) is 2.13. The normalized spacial score (nSPS) is 19.1. The first kappa shape index (κ1) is 16.3. The highest BCUT2D eigenvalue weighted by Gasteiger charge is 2.23. The molecule has 3 nitrogen and oxygen atoms in total. The molecule has 2 aromatic rings. The van der Waals surface area contributed by atoms with E-state index in [-0.39, 0.29) is 0 Å². The van der Waals surface area contributed by atoms with Gasteiger partial charge in [0.2, 0.25) is 0 Å². The highest BCUT2D eigenvalue weighted by molar-refractivity contribution is 5.47. The number of ether oxygens (including phenoxy) is 1. The molecule has 0 spiro atoms. The van der Waals surface area contributed by atoms with Gasteiger partial charge in [-0.15, -0.1) is 0 Å². The molecule has 1 unspecified atom stereocenters. The molecule has 0 amide bonds. The highest BCUT2D eigenvalue weighted by Crippen LogP contribution is 2.27. The van der Waals surface area contributed by atoms with E-state index in [4.69, 9.17) is 4.74 Å². The Bertz CT molecular complexity index is 765. The minimum absolute atomic E-state index is 0.519. The maximum atomic E-state index is 13.4. The van der Waals surface area contributed by atoms with Crippen LogP contribution in [-0.2, 0) is 13.0 Å². The number of rotatable bonds is 5. The average molecular weight is 344 g/mol. The Balaban J connectivity index is 1.27. The van der Waals surface area contributed by atoms with E-state index in [0.717, 1.165) is 57.1 Å². The first-order valence-electron chi connectivity index (χ1n) is 8.84. The van der Waals surface area contributed by atoms with Crippen molar-refractivity contribution in [3.63, 3.8) is 0 Å². The molecule has 2 heterocycles. The minimum Gasteiger partial charge on any atom is -0.493 e. The summed E-state index contributed by atoms with van der Waals surface area (Å²) in [7, 11) is 0. The standard InChI is InChI=1S/C20H22F2N2O/c21-18-3-2-17(10-19(18)22)24-7-5-15(13-24)12-23-11-14-1-4-20-16(9-14)6-8-25-20/h1-4,9-10,15,23H,5-8,11-13H2. The number of halogens is 2. The van der Waals surface area contributed by atoms with Crippen molar-refractivity contribution in [2.75, 3.05) is 31.1 Å². The van der Waals surface area contributed by atoms with Crippen molar-refractivity contribution in [1.82, 2.24) is 5.32 Å². The van der Waals surface area contributed by atoms with Crippen LogP contribution in [0.2, 0.25) is 0 Å². The number of hydrogen-bond donors (Lipinski definition) is 1. The van der Waals surface area contributed by atoms with Crippen LogP contribution in [0.25, 0.3) is 0 Å². The number of anilines is 1. The Morgan fingerprint density at radius 3 is 2.92 bits per heavy atom. The second kappa shape index (κ2) is 7.00. The van der Waals surface area contributed by atoms with Gasteiger partial charge in [-0.3, -0.25) is 0 Å². The van der Waals surface area contributed by atoms with Crippen LogP contribution in [0.3, 0.4) is 0 Å². The van der Waals surface area contributed by atoms with Gasteiger partial charge in [0, 0.05) is 44.4 Å². The van der Waals surface area contributed by atoms with Crippen molar-refractivity contribution in [1.29, 1.82) is 0 Å². The zero-order valence-corrected chi connectivity index (χ0v) is 14.1. The molecule has 4 rings (SSSR count). The summed E-state index contributed by atoms with van der Waals surface area (Å²) >= 11 is 0. The first-order chi connectivity index (χ1) is 12.2. The predicted molar refractivity (Wildman–Crippen MR) is 94.0 cm³/mol. The van der Waals surface area contributed by atoms with Gasteiger partial charge in [-0.1, -0.05) is 12.1 Å². The van der Waals surface area contributed by atoms with Crippen molar-refractivity contribution in [3.05, 3.63) is 59.2 Å². The molecule has 0 aliphatic carbocycles. The molecule has 1 N–H and O–H groups in total. The second-order valence-electron chi connectivity index (χ2n) is 6.87. The molecule has 1 atom stereocenters.